The van der Waals surface area contributed by atoms with Crippen molar-refractivity contribution in [1.82, 2.24) is 4.90 Å². The maximum Gasteiger partial charge on any atom is 0.230 e. The van der Waals surface area contributed by atoms with Crippen LogP contribution >= 0.6 is 11.6 Å². The van der Waals surface area contributed by atoms with Gasteiger partial charge in [0.25, 0.3) is 0 Å². The van der Waals surface area contributed by atoms with E-state index in [0.29, 0.717) is 29.2 Å². The molecule has 2 rings (SSSR count). The van der Waals surface area contributed by atoms with Crippen LogP contribution in [0.25, 0.3) is 5.70 Å². The maximum absolute atomic E-state index is 13.9. The minimum atomic E-state index is -0.394. The summed E-state index contributed by atoms with van der Waals surface area (Å²) in [6, 6.07) is 4.56. The van der Waals surface area contributed by atoms with Gasteiger partial charge < -0.3 is 4.90 Å². The van der Waals surface area contributed by atoms with Crippen LogP contribution in [0.5, 0.6) is 0 Å². The summed E-state index contributed by atoms with van der Waals surface area (Å²) in [5, 5.41) is 0.335. The highest BCUT2D eigenvalue weighted by Gasteiger charge is 2.29. The van der Waals surface area contributed by atoms with E-state index in [-0.39, 0.29) is 11.8 Å². The summed E-state index contributed by atoms with van der Waals surface area (Å²) in [5.41, 5.74) is 0.907. The highest BCUT2D eigenvalue weighted by Crippen LogP contribution is 2.33. The van der Waals surface area contributed by atoms with Crippen LogP contribution in [0.4, 0.5) is 4.39 Å². The van der Waals surface area contributed by atoms with Gasteiger partial charge in [-0.25, -0.2) is 4.39 Å². The predicted molar refractivity (Wildman–Crippen MR) is 70.6 cm³/mol. The van der Waals surface area contributed by atoms with Crippen LogP contribution in [0.3, 0.4) is 0 Å². The van der Waals surface area contributed by atoms with Crippen molar-refractivity contribution in [2.45, 2.75) is 20.3 Å². The molecule has 0 spiro atoms. The molecule has 1 heterocycles. The first-order valence-corrected chi connectivity index (χ1v) is 6.40. The van der Waals surface area contributed by atoms with Gasteiger partial charge in [-0.05, 0) is 25.5 Å². The Labute approximate surface area is 111 Å². The smallest absolute Gasteiger partial charge is 0.230 e. The summed E-state index contributed by atoms with van der Waals surface area (Å²) in [4.78, 5) is 13.7. The van der Waals surface area contributed by atoms with Crippen LogP contribution in [0.15, 0.2) is 24.3 Å². The molecule has 96 valence electrons. The molecule has 1 unspecified atom stereocenters. The van der Waals surface area contributed by atoms with E-state index in [4.69, 9.17) is 11.6 Å². The Morgan fingerprint density at radius 3 is 2.83 bits per heavy atom. The number of amides is 1. The zero-order valence-electron chi connectivity index (χ0n) is 10.4. The molecule has 0 aromatic heterocycles. The third-order valence-electron chi connectivity index (χ3n) is 3.18. The van der Waals surface area contributed by atoms with Gasteiger partial charge >= 0.3 is 0 Å². The molecule has 1 aliphatic heterocycles. The number of carbonyl (C=O) groups excluding carboxylic acids is 1. The second-order valence-corrected chi connectivity index (χ2v) is 4.81. The molecule has 0 saturated carbocycles. The number of halogens is 2. The van der Waals surface area contributed by atoms with Crippen molar-refractivity contribution in [3.63, 3.8) is 0 Å². The molecule has 1 aromatic carbocycles. The van der Waals surface area contributed by atoms with Crippen LogP contribution in [0.2, 0.25) is 5.02 Å². The van der Waals surface area contributed by atoms with Gasteiger partial charge in [0.1, 0.15) is 5.82 Å². The second kappa shape index (κ2) is 5.11. The Bertz CT molecular complexity index is 492. The van der Waals surface area contributed by atoms with Crippen LogP contribution in [0.1, 0.15) is 25.8 Å². The van der Waals surface area contributed by atoms with Crippen LogP contribution in [-0.2, 0) is 4.79 Å². The van der Waals surface area contributed by atoms with Gasteiger partial charge in [-0.1, -0.05) is 30.7 Å². The Hall–Kier alpha value is -1.35. The third-order valence-corrected chi connectivity index (χ3v) is 3.49. The number of hydrogen-bond acceptors (Lipinski definition) is 1. The quantitative estimate of drug-likeness (QED) is 0.800. The van der Waals surface area contributed by atoms with E-state index >= 15 is 0 Å². The molecule has 0 fully saturated rings. The summed E-state index contributed by atoms with van der Waals surface area (Å²) >= 11 is 6.05. The summed E-state index contributed by atoms with van der Waals surface area (Å²) in [6.45, 7) is 4.26. The molecule has 2 nitrogen and oxygen atoms in total. The molecule has 1 atom stereocenters. The molecular weight excluding hydrogens is 253 g/mol. The molecule has 0 aliphatic carbocycles. The normalized spacial score (nSPS) is 20.0. The largest absolute Gasteiger partial charge is 0.312 e. The van der Waals surface area contributed by atoms with Gasteiger partial charge in [0.05, 0.1) is 16.3 Å². The van der Waals surface area contributed by atoms with E-state index < -0.39 is 5.82 Å². The van der Waals surface area contributed by atoms with Crippen molar-refractivity contribution in [3.8, 4) is 0 Å². The molecule has 1 aliphatic rings. The van der Waals surface area contributed by atoms with Crippen molar-refractivity contribution in [1.29, 1.82) is 0 Å². The summed E-state index contributed by atoms with van der Waals surface area (Å²) in [5.74, 6) is -0.428. The second-order valence-electron chi connectivity index (χ2n) is 4.41. The zero-order valence-corrected chi connectivity index (χ0v) is 11.2. The van der Waals surface area contributed by atoms with Crippen molar-refractivity contribution in [3.05, 3.63) is 40.7 Å². The molecular formula is C14H15ClFNO. The number of allylic oxidation sites excluding steroid dienone is 1. The minimum Gasteiger partial charge on any atom is -0.312 e. The zero-order chi connectivity index (χ0) is 13.3. The summed E-state index contributed by atoms with van der Waals surface area (Å²) in [7, 11) is 0. The SMILES string of the molecule is CCN1C(=O)C(C)CC=C1c1c(F)cccc1Cl. The monoisotopic (exact) mass is 267 g/mol. The fraction of sp³-hybridized carbons (Fsp3) is 0.357. The number of carbonyl (C=O) groups is 1. The van der Waals surface area contributed by atoms with Crippen molar-refractivity contribution in [2.75, 3.05) is 6.54 Å². The fourth-order valence-electron chi connectivity index (χ4n) is 2.19. The van der Waals surface area contributed by atoms with Crippen molar-refractivity contribution < 1.29 is 9.18 Å². The van der Waals surface area contributed by atoms with Crippen molar-refractivity contribution >= 4 is 23.2 Å². The van der Waals surface area contributed by atoms with Crippen LogP contribution < -0.4 is 0 Å². The van der Waals surface area contributed by atoms with Gasteiger partial charge in [0, 0.05) is 12.5 Å². The van der Waals surface area contributed by atoms with Gasteiger partial charge in [-0.3, -0.25) is 4.79 Å². The Balaban J connectivity index is 2.52. The third kappa shape index (κ3) is 2.15. The van der Waals surface area contributed by atoms with Crippen molar-refractivity contribution in [2.24, 2.45) is 5.92 Å². The first-order chi connectivity index (χ1) is 8.56. The van der Waals surface area contributed by atoms with Crippen LogP contribution in [-0.4, -0.2) is 17.4 Å². The van der Waals surface area contributed by atoms with E-state index in [1.807, 2.05) is 19.9 Å². The lowest BCUT2D eigenvalue weighted by Crippen LogP contribution is -2.36. The molecule has 0 N–H and O–H groups in total. The van der Waals surface area contributed by atoms with E-state index in [9.17, 15) is 9.18 Å². The predicted octanol–water partition coefficient (Wildman–Crippen LogP) is 3.71. The number of rotatable bonds is 2. The van der Waals surface area contributed by atoms with E-state index in [1.54, 1.807) is 17.0 Å². The Morgan fingerprint density at radius 2 is 2.22 bits per heavy atom. The lowest BCUT2D eigenvalue weighted by Gasteiger charge is -2.31. The summed E-state index contributed by atoms with van der Waals surface area (Å²) in [6.07, 6.45) is 2.51. The van der Waals surface area contributed by atoms with Gasteiger partial charge in [-0.2, -0.15) is 0 Å². The summed E-state index contributed by atoms with van der Waals surface area (Å²) < 4.78 is 13.9. The Morgan fingerprint density at radius 1 is 1.50 bits per heavy atom. The molecule has 0 saturated heterocycles. The maximum atomic E-state index is 13.9. The van der Waals surface area contributed by atoms with Crippen LogP contribution in [0, 0.1) is 11.7 Å². The van der Waals surface area contributed by atoms with E-state index in [0.717, 1.165) is 0 Å². The first-order valence-electron chi connectivity index (χ1n) is 6.02. The lowest BCUT2D eigenvalue weighted by molar-refractivity contribution is -0.131. The molecule has 1 amide bonds. The molecule has 0 radical (unpaired) electrons. The molecule has 4 heteroatoms. The van der Waals surface area contributed by atoms with Gasteiger partial charge in [0.15, 0.2) is 0 Å². The van der Waals surface area contributed by atoms with Gasteiger partial charge in [-0.15, -0.1) is 0 Å². The lowest BCUT2D eigenvalue weighted by atomic mass is 9.97. The number of hydrogen-bond donors (Lipinski definition) is 0. The molecule has 0 bridgehead atoms. The average molecular weight is 268 g/mol. The average Bonchev–Trinajstić information content (AvgIpc) is 2.33. The molecule has 1 aromatic rings. The standard InChI is InChI=1S/C14H15ClFNO/c1-3-17-12(8-7-9(2)14(17)18)13-10(15)5-4-6-11(13)16/h4-6,8-9H,3,7H2,1-2H3. The minimum absolute atomic E-state index is 0.0225. The topological polar surface area (TPSA) is 20.3 Å². The highest BCUT2D eigenvalue weighted by molar-refractivity contribution is 6.32. The number of nitrogens with zero attached hydrogens (tertiary/aromatic N) is 1. The van der Waals surface area contributed by atoms with E-state index in [1.165, 1.54) is 6.07 Å². The van der Waals surface area contributed by atoms with Gasteiger partial charge in [0.2, 0.25) is 5.91 Å². The first kappa shape index (κ1) is 13.1. The highest BCUT2D eigenvalue weighted by atomic mass is 35.5. The van der Waals surface area contributed by atoms with E-state index in [2.05, 4.69) is 0 Å². The number of benzene rings is 1. The molecule has 18 heavy (non-hydrogen) atoms. The fourth-order valence-corrected chi connectivity index (χ4v) is 2.45. The Kier molecular flexibility index (Phi) is 3.71.